The molecule has 0 radical (unpaired) electrons. The van der Waals surface area contributed by atoms with Crippen LogP contribution in [0.1, 0.15) is 29.3 Å². The summed E-state index contributed by atoms with van der Waals surface area (Å²) in [4.78, 5) is 26.1. The van der Waals surface area contributed by atoms with E-state index in [4.69, 9.17) is 11.6 Å². The predicted molar refractivity (Wildman–Crippen MR) is 161 cm³/mol. The minimum atomic E-state index is -2.05. The number of alkyl halides is 1. The lowest BCUT2D eigenvalue weighted by molar-refractivity contribution is -0.122. The zero-order valence-electron chi connectivity index (χ0n) is 21.5. The van der Waals surface area contributed by atoms with Crippen LogP contribution < -0.4 is 26.5 Å². The molecule has 38 heavy (non-hydrogen) atoms. The summed E-state index contributed by atoms with van der Waals surface area (Å²) in [6.45, 7) is 2.38. The van der Waals surface area contributed by atoms with Crippen molar-refractivity contribution < 1.29 is 9.59 Å². The molecule has 2 N–H and O–H groups in total. The van der Waals surface area contributed by atoms with Crippen molar-refractivity contribution in [3.8, 4) is 0 Å². The number of carbonyl (C=O) groups excluding carboxylic acids is 2. The van der Waals surface area contributed by atoms with Gasteiger partial charge in [0.25, 0.3) is 5.91 Å². The summed E-state index contributed by atoms with van der Waals surface area (Å²) in [7, 11) is -2.05. The average molecular weight is 544 g/mol. The molecule has 6 heteroatoms. The van der Waals surface area contributed by atoms with Crippen molar-refractivity contribution in [3.63, 3.8) is 0 Å². The monoisotopic (exact) mass is 543 g/mol. The molecule has 0 heterocycles. The first kappa shape index (κ1) is 27.6. The Kier molecular flexibility index (Phi) is 9.70. The molecule has 0 saturated heterocycles. The number of rotatable bonds is 11. The van der Waals surface area contributed by atoms with E-state index in [9.17, 15) is 9.59 Å². The third-order valence-electron chi connectivity index (χ3n) is 6.71. The van der Waals surface area contributed by atoms with Gasteiger partial charge in [0.2, 0.25) is 5.91 Å². The zero-order valence-corrected chi connectivity index (χ0v) is 23.2. The number of amides is 2. The van der Waals surface area contributed by atoms with Crippen molar-refractivity contribution >= 4 is 46.6 Å². The summed E-state index contributed by atoms with van der Waals surface area (Å²) in [5, 5.41) is 9.83. The van der Waals surface area contributed by atoms with E-state index in [0.29, 0.717) is 24.4 Å². The summed E-state index contributed by atoms with van der Waals surface area (Å²) in [5.74, 6) is -0.131. The zero-order chi connectivity index (χ0) is 26.8. The minimum Gasteiger partial charge on any atom is -0.351 e. The highest BCUT2D eigenvalue weighted by Gasteiger charge is 2.44. The topological polar surface area (TPSA) is 58.2 Å². The molecule has 1 atom stereocenters. The predicted octanol–water partition coefficient (Wildman–Crippen LogP) is 5.04. The normalized spacial score (nSPS) is 11.9. The Balaban J connectivity index is 1.55. The second kappa shape index (κ2) is 13.4. The third kappa shape index (κ3) is 6.32. The first-order valence-corrected chi connectivity index (χ1v) is 15.4. The molecule has 2 amide bonds. The molecule has 0 aromatic heterocycles. The Bertz CT molecular complexity index is 1240. The van der Waals surface area contributed by atoms with Gasteiger partial charge in [-0.2, -0.15) is 0 Å². The Hall–Kier alpha value is -3.46. The van der Waals surface area contributed by atoms with Crippen molar-refractivity contribution in [2.75, 3.05) is 12.7 Å². The van der Waals surface area contributed by atoms with Gasteiger partial charge in [-0.05, 0) is 60.5 Å². The largest absolute Gasteiger partial charge is 0.351 e. The van der Waals surface area contributed by atoms with Gasteiger partial charge < -0.3 is 10.6 Å². The van der Waals surface area contributed by atoms with Gasteiger partial charge in [0, 0.05) is 11.4 Å². The van der Waals surface area contributed by atoms with E-state index in [-0.39, 0.29) is 11.8 Å². The van der Waals surface area contributed by atoms with Gasteiger partial charge in [0.05, 0.1) is 12.7 Å². The molecule has 4 aromatic rings. The first-order chi connectivity index (χ1) is 18.6. The summed E-state index contributed by atoms with van der Waals surface area (Å²) < 4.78 is 0. The number of hydrogen-bond donors (Lipinski definition) is 2. The molecule has 0 aliphatic rings. The summed E-state index contributed by atoms with van der Waals surface area (Å²) >= 11 is 5.92. The lowest BCUT2D eigenvalue weighted by Crippen LogP contribution is -2.47. The van der Waals surface area contributed by atoms with Crippen molar-refractivity contribution in [2.45, 2.75) is 25.3 Å². The van der Waals surface area contributed by atoms with Crippen LogP contribution in [-0.4, -0.2) is 30.6 Å². The smallest absolute Gasteiger partial charge is 0.251 e. The highest BCUT2D eigenvalue weighted by atomic mass is 35.5. The SMILES string of the molecule is CCC(NC(=O)c1cccc(CCl)c1)C(=O)NCC[P+](c1ccccc1)(c1ccccc1)c1ccccc1. The molecule has 1 unspecified atom stereocenters. The fourth-order valence-corrected chi connectivity index (χ4v) is 9.07. The average Bonchev–Trinajstić information content (AvgIpc) is 2.99. The maximum Gasteiger partial charge on any atom is 0.251 e. The maximum absolute atomic E-state index is 13.2. The Morgan fingerprint density at radius 3 is 1.76 bits per heavy atom. The van der Waals surface area contributed by atoms with E-state index < -0.39 is 13.3 Å². The summed E-state index contributed by atoms with van der Waals surface area (Å²) in [6, 6.07) is 38.3. The molecular weight excluding hydrogens is 511 g/mol. The second-order valence-corrected chi connectivity index (χ2v) is 13.0. The van der Waals surface area contributed by atoms with Gasteiger partial charge in [-0.25, -0.2) is 0 Å². The number of benzene rings is 4. The van der Waals surface area contributed by atoms with Crippen molar-refractivity contribution in [3.05, 3.63) is 126 Å². The number of carbonyl (C=O) groups is 2. The van der Waals surface area contributed by atoms with Gasteiger partial charge in [0.1, 0.15) is 29.2 Å². The third-order valence-corrected chi connectivity index (χ3v) is 11.5. The lowest BCUT2D eigenvalue weighted by Gasteiger charge is -2.28. The summed E-state index contributed by atoms with van der Waals surface area (Å²) in [6.07, 6.45) is 1.25. The molecule has 4 nitrogen and oxygen atoms in total. The Morgan fingerprint density at radius 2 is 1.29 bits per heavy atom. The maximum atomic E-state index is 13.2. The van der Waals surface area contributed by atoms with Gasteiger partial charge >= 0.3 is 0 Å². The summed E-state index contributed by atoms with van der Waals surface area (Å²) in [5.41, 5.74) is 1.36. The highest BCUT2D eigenvalue weighted by Crippen LogP contribution is 2.54. The Labute approximate surface area is 230 Å². The van der Waals surface area contributed by atoms with E-state index in [1.165, 1.54) is 15.9 Å². The molecule has 0 fully saturated rings. The molecule has 0 spiro atoms. The number of nitrogens with one attached hydrogen (secondary N) is 2. The van der Waals surface area contributed by atoms with Crippen molar-refractivity contribution in [1.82, 2.24) is 10.6 Å². The van der Waals surface area contributed by atoms with E-state index in [0.717, 1.165) is 11.7 Å². The van der Waals surface area contributed by atoms with Crippen LogP contribution >= 0.6 is 18.9 Å². The molecule has 0 aliphatic heterocycles. The van der Waals surface area contributed by atoms with Gasteiger partial charge in [-0.3, -0.25) is 9.59 Å². The quantitative estimate of drug-likeness (QED) is 0.206. The Morgan fingerprint density at radius 1 is 0.763 bits per heavy atom. The molecule has 4 aromatic carbocycles. The fraction of sp³-hybridized carbons (Fsp3) is 0.188. The van der Waals surface area contributed by atoms with Crippen LogP contribution in [0, 0.1) is 0 Å². The molecule has 0 saturated carbocycles. The van der Waals surface area contributed by atoms with Crippen molar-refractivity contribution in [1.29, 1.82) is 0 Å². The van der Waals surface area contributed by atoms with Crippen LogP contribution in [-0.2, 0) is 10.7 Å². The second-order valence-electron chi connectivity index (χ2n) is 9.10. The van der Waals surface area contributed by atoms with Gasteiger partial charge in [-0.1, -0.05) is 73.7 Å². The van der Waals surface area contributed by atoms with Crippen LogP contribution in [0.2, 0.25) is 0 Å². The van der Waals surface area contributed by atoms with Crippen molar-refractivity contribution in [2.24, 2.45) is 0 Å². The van der Waals surface area contributed by atoms with Crippen LogP contribution in [0.4, 0.5) is 0 Å². The van der Waals surface area contributed by atoms with E-state index in [1.807, 2.05) is 31.2 Å². The van der Waals surface area contributed by atoms with Gasteiger partial charge in [-0.15, -0.1) is 11.6 Å². The highest BCUT2D eigenvalue weighted by molar-refractivity contribution is 7.95. The molecule has 4 rings (SSSR count). The standard InChI is InChI=1S/C32H32ClN2O2P/c1-2-30(35-31(36)26-14-12-13-25(23-26)24-33)32(37)34-21-22-38(27-15-6-3-7-16-27,28-17-8-4-9-18-28)29-19-10-5-11-20-29/h3-20,23,30H,2,21-22,24H2,1H3,(H-,34,35,36,37)/p+1. The molecule has 194 valence electrons. The van der Waals surface area contributed by atoms with Crippen LogP contribution in [0.3, 0.4) is 0 Å². The van der Waals surface area contributed by atoms with E-state index in [1.54, 1.807) is 18.2 Å². The van der Waals surface area contributed by atoms with Gasteiger partial charge in [0.15, 0.2) is 0 Å². The van der Waals surface area contributed by atoms with Crippen LogP contribution in [0.15, 0.2) is 115 Å². The van der Waals surface area contributed by atoms with Crippen LogP contribution in [0.5, 0.6) is 0 Å². The number of hydrogen-bond acceptors (Lipinski definition) is 2. The van der Waals surface area contributed by atoms with E-state index in [2.05, 4.69) is 83.4 Å². The molecular formula is C32H33ClN2O2P+. The first-order valence-electron chi connectivity index (χ1n) is 12.9. The molecule has 0 aliphatic carbocycles. The fourth-order valence-electron chi connectivity index (χ4n) is 4.74. The van der Waals surface area contributed by atoms with Crippen LogP contribution in [0.25, 0.3) is 0 Å². The van der Waals surface area contributed by atoms with E-state index >= 15 is 0 Å². The lowest BCUT2D eigenvalue weighted by atomic mass is 10.1. The molecule has 0 bridgehead atoms. The number of halogens is 1. The minimum absolute atomic E-state index is 0.179.